The van der Waals surface area contributed by atoms with E-state index < -0.39 is 0 Å². The molecule has 1 aromatic carbocycles. The summed E-state index contributed by atoms with van der Waals surface area (Å²) >= 11 is 1.61. The topological polar surface area (TPSA) is 29.6 Å². The predicted octanol–water partition coefficient (Wildman–Crippen LogP) is 4.57. The molecule has 0 fully saturated rings. The van der Waals surface area contributed by atoms with Gasteiger partial charge in [0.2, 0.25) is 4.80 Å². The largest absolute Gasteiger partial charge is 0.253 e. The smallest absolute Gasteiger partial charge is 0.206 e. The molecule has 1 heterocycles. The lowest BCUT2D eigenvalue weighted by Gasteiger charge is -2.07. The molecule has 0 aliphatic carbocycles. The van der Waals surface area contributed by atoms with Gasteiger partial charge in [0, 0.05) is 17.2 Å². The van der Waals surface area contributed by atoms with E-state index in [-0.39, 0.29) is 0 Å². The van der Waals surface area contributed by atoms with Crippen molar-refractivity contribution in [2.45, 2.75) is 26.7 Å². The molecule has 2 rings (SSSR count). The van der Waals surface area contributed by atoms with Gasteiger partial charge in [0.25, 0.3) is 0 Å². The van der Waals surface area contributed by atoms with Gasteiger partial charge in [-0.05, 0) is 18.8 Å². The molecular weight excluding hydrogens is 290 g/mol. The van der Waals surface area contributed by atoms with Crippen molar-refractivity contribution < 1.29 is 0 Å². The fourth-order valence-corrected chi connectivity index (χ4v) is 2.98. The van der Waals surface area contributed by atoms with Crippen LogP contribution in [0, 0.1) is 5.92 Å². The Bertz CT molecular complexity index is 676. The van der Waals surface area contributed by atoms with Gasteiger partial charge in [0.05, 0.1) is 12.2 Å². The van der Waals surface area contributed by atoms with Gasteiger partial charge in [0.15, 0.2) is 0 Å². The predicted molar refractivity (Wildman–Crippen MR) is 96.3 cm³/mol. The van der Waals surface area contributed by atoms with E-state index in [9.17, 15) is 0 Å². The summed E-state index contributed by atoms with van der Waals surface area (Å²) in [5.41, 5.74) is 2.23. The van der Waals surface area contributed by atoms with Crippen molar-refractivity contribution in [2.75, 3.05) is 6.54 Å². The van der Waals surface area contributed by atoms with Crippen LogP contribution in [0.25, 0.3) is 11.3 Å². The van der Waals surface area contributed by atoms with Gasteiger partial charge in [-0.2, -0.15) is 5.10 Å². The summed E-state index contributed by atoms with van der Waals surface area (Å²) in [6.07, 6.45) is 6.05. The first-order valence-corrected chi connectivity index (χ1v) is 8.59. The van der Waals surface area contributed by atoms with E-state index in [4.69, 9.17) is 5.10 Å². The molecule has 4 heteroatoms. The van der Waals surface area contributed by atoms with Gasteiger partial charge in [-0.25, -0.2) is 4.68 Å². The second-order valence-electron chi connectivity index (χ2n) is 5.05. The number of nitrogens with zero attached hydrogens (tertiary/aromatic N) is 3. The zero-order chi connectivity index (χ0) is 15.8. The van der Waals surface area contributed by atoms with Crippen molar-refractivity contribution in [3.63, 3.8) is 0 Å². The quantitative estimate of drug-likeness (QED) is 0.529. The minimum Gasteiger partial charge on any atom is -0.253 e. The minimum atomic E-state index is 0.503. The number of benzene rings is 1. The van der Waals surface area contributed by atoms with Crippen LogP contribution in [0.1, 0.15) is 26.7 Å². The third-order valence-corrected chi connectivity index (χ3v) is 4.41. The van der Waals surface area contributed by atoms with Crippen LogP contribution in [0.2, 0.25) is 0 Å². The lowest BCUT2D eigenvalue weighted by molar-refractivity contribution is 0.647. The standard InChI is InChI=1S/C18H23N3S/c1-4-12-19-18-21(20-13-15(5-2)6-3)17(14-22-18)16-10-8-7-9-11-16/h4,7-11,13-15H,1,5-6,12H2,2-3H3. The number of rotatable bonds is 7. The first-order chi connectivity index (χ1) is 10.8. The van der Waals surface area contributed by atoms with E-state index in [0.29, 0.717) is 12.5 Å². The molecule has 0 saturated heterocycles. The molecule has 0 spiro atoms. The molecule has 0 N–H and O–H groups in total. The molecular formula is C18H23N3S. The molecule has 3 nitrogen and oxygen atoms in total. The Morgan fingerprint density at radius 1 is 1.23 bits per heavy atom. The molecule has 0 saturated carbocycles. The Morgan fingerprint density at radius 2 is 1.95 bits per heavy atom. The number of hydrogen-bond donors (Lipinski definition) is 0. The van der Waals surface area contributed by atoms with Crippen LogP contribution < -0.4 is 4.80 Å². The molecule has 0 amide bonds. The van der Waals surface area contributed by atoms with Crippen LogP contribution >= 0.6 is 11.3 Å². The van der Waals surface area contributed by atoms with Gasteiger partial charge in [-0.15, -0.1) is 17.9 Å². The van der Waals surface area contributed by atoms with E-state index in [1.807, 2.05) is 29.1 Å². The SMILES string of the molecule is C=CCN=c1scc(-c2ccccc2)n1N=CC(CC)CC. The van der Waals surface area contributed by atoms with E-state index in [1.54, 1.807) is 17.4 Å². The van der Waals surface area contributed by atoms with E-state index >= 15 is 0 Å². The summed E-state index contributed by atoms with van der Waals surface area (Å²) in [7, 11) is 0. The Morgan fingerprint density at radius 3 is 2.59 bits per heavy atom. The summed E-state index contributed by atoms with van der Waals surface area (Å²) in [6.45, 7) is 8.73. The van der Waals surface area contributed by atoms with Crippen molar-refractivity contribution in [2.24, 2.45) is 16.0 Å². The molecule has 1 aromatic heterocycles. The molecule has 22 heavy (non-hydrogen) atoms. The number of hydrogen-bond acceptors (Lipinski definition) is 3. The van der Waals surface area contributed by atoms with Crippen LogP contribution in [0.4, 0.5) is 0 Å². The van der Waals surface area contributed by atoms with Crippen LogP contribution in [0.15, 0.2) is 58.5 Å². The molecule has 0 aliphatic rings. The van der Waals surface area contributed by atoms with Crippen molar-refractivity contribution in [3.05, 3.63) is 53.2 Å². The van der Waals surface area contributed by atoms with Gasteiger partial charge < -0.3 is 0 Å². The monoisotopic (exact) mass is 313 g/mol. The second-order valence-corrected chi connectivity index (χ2v) is 5.89. The number of aromatic nitrogens is 1. The third-order valence-electron chi connectivity index (χ3n) is 3.55. The van der Waals surface area contributed by atoms with Crippen molar-refractivity contribution in [1.29, 1.82) is 0 Å². The highest BCUT2D eigenvalue weighted by Crippen LogP contribution is 2.19. The van der Waals surface area contributed by atoms with E-state index in [2.05, 4.69) is 42.9 Å². The van der Waals surface area contributed by atoms with Gasteiger partial charge in [-0.3, -0.25) is 4.99 Å². The van der Waals surface area contributed by atoms with Gasteiger partial charge in [-0.1, -0.05) is 50.3 Å². The molecule has 0 radical (unpaired) electrons. The Hall–Kier alpha value is -1.94. The summed E-state index contributed by atoms with van der Waals surface area (Å²) in [5.74, 6) is 0.503. The van der Waals surface area contributed by atoms with Crippen molar-refractivity contribution >= 4 is 17.6 Å². The first kappa shape index (κ1) is 16.4. The molecule has 116 valence electrons. The highest BCUT2D eigenvalue weighted by atomic mass is 32.1. The summed E-state index contributed by atoms with van der Waals surface area (Å²) < 4.78 is 1.95. The molecule has 0 bridgehead atoms. The Labute approximate surface area is 136 Å². The lowest BCUT2D eigenvalue weighted by Crippen LogP contribution is -2.13. The summed E-state index contributed by atoms with van der Waals surface area (Å²) in [6, 6.07) is 10.3. The minimum absolute atomic E-state index is 0.503. The van der Waals surface area contributed by atoms with Crippen LogP contribution in [0.3, 0.4) is 0 Å². The van der Waals surface area contributed by atoms with E-state index in [1.165, 1.54) is 0 Å². The Balaban J connectivity index is 2.47. The second kappa shape index (κ2) is 8.49. The Kier molecular flexibility index (Phi) is 6.34. The molecule has 0 atom stereocenters. The maximum absolute atomic E-state index is 4.71. The molecule has 2 aromatic rings. The maximum Gasteiger partial charge on any atom is 0.206 e. The lowest BCUT2D eigenvalue weighted by atomic mass is 10.1. The van der Waals surface area contributed by atoms with Crippen molar-refractivity contribution in [1.82, 2.24) is 4.68 Å². The molecule has 0 unspecified atom stereocenters. The third kappa shape index (κ3) is 4.04. The van der Waals surface area contributed by atoms with E-state index in [0.717, 1.165) is 28.9 Å². The number of thiazole rings is 1. The maximum atomic E-state index is 4.71. The van der Waals surface area contributed by atoms with Gasteiger partial charge >= 0.3 is 0 Å². The highest BCUT2D eigenvalue weighted by molar-refractivity contribution is 7.07. The van der Waals surface area contributed by atoms with Crippen molar-refractivity contribution in [3.8, 4) is 11.3 Å². The van der Waals surface area contributed by atoms with Gasteiger partial charge in [0.1, 0.15) is 0 Å². The first-order valence-electron chi connectivity index (χ1n) is 7.71. The highest BCUT2D eigenvalue weighted by Gasteiger charge is 2.07. The zero-order valence-corrected chi connectivity index (χ0v) is 14.1. The molecule has 0 aliphatic heterocycles. The van der Waals surface area contributed by atoms with Crippen LogP contribution in [-0.4, -0.2) is 17.4 Å². The fraction of sp³-hybridized carbons (Fsp3) is 0.333. The summed E-state index contributed by atoms with van der Waals surface area (Å²) in [5, 5.41) is 6.82. The average molecular weight is 313 g/mol. The zero-order valence-electron chi connectivity index (χ0n) is 13.3. The van der Waals surface area contributed by atoms with Crippen LogP contribution in [0.5, 0.6) is 0 Å². The average Bonchev–Trinajstić information content (AvgIpc) is 2.97. The fourth-order valence-electron chi connectivity index (χ4n) is 2.13. The summed E-state index contributed by atoms with van der Waals surface area (Å²) in [4.78, 5) is 5.45. The van der Waals surface area contributed by atoms with Crippen LogP contribution in [-0.2, 0) is 0 Å². The normalized spacial score (nSPS) is 12.4.